The summed E-state index contributed by atoms with van der Waals surface area (Å²) < 4.78 is 22.6. The molecule has 1 aromatic carbocycles. The van der Waals surface area contributed by atoms with Crippen molar-refractivity contribution in [1.82, 2.24) is 5.32 Å². The van der Waals surface area contributed by atoms with Crippen LogP contribution in [0.5, 0.6) is 0 Å². The molecular formula is C13H17NO5S. The van der Waals surface area contributed by atoms with Gasteiger partial charge in [-0.05, 0) is 30.2 Å². The largest absolute Gasteiger partial charge is 0.480 e. The van der Waals surface area contributed by atoms with Crippen molar-refractivity contribution >= 4 is 21.7 Å². The molecule has 1 aromatic rings. The molecule has 0 aromatic heterocycles. The zero-order valence-electron chi connectivity index (χ0n) is 11.5. The number of benzene rings is 1. The molecule has 0 aliphatic heterocycles. The first-order valence-electron chi connectivity index (χ1n) is 5.96. The Morgan fingerprint density at radius 2 is 1.65 bits per heavy atom. The van der Waals surface area contributed by atoms with Crippen molar-refractivity contribution in [3.63, 3.8) is 0 Å². The normalized spacial score (nSPS) is 13.0. The van der Waals surface area contributed by atoms with Crippen LogP contribution in [0, 0.1) is 5.92 Å². The highest BCUT2D eigenvalue weighted by Gasteiger charge is 2.24. The summed E-state index contributed by atoms with van der Waals surface area (Å²) in [5.74, 6) is -1.92. The fourth-order valence-corrected chi connectivity index (χ4v) is 2.22. The highest BCUT2D eigenvalue weighted by molar-refractivity contribution is 7.90. The second kappa shape index (κ2) is 6.04. The van der Waals surface area contributed by atoms with Gasteiger partial charge in [0.15, 0.2) is 9.84 Å². The Morgan fingerprint density at radius 1 is 1.15 bits per heavy atom. The molecule has 0 saturated carbocycles. The average molecular weight is 299 g/mol. The summed E-state index contributed by atoms with van der Waals surface area (Å²) in [5, 5.41) is 11.4. The van der Waals surface area contributed by atoms with Gasteiger partial charge in [-0.2, -0.15) is 0 Å². The lowest BCUT2D eigenvalue weighted by atomic mass is 10.0. The summed E-state index contributed by atoms with van der Waals surface area (Å²) in [6, 6.07) is 4.35. The molecular weight excluding hydrogens is 282 g/mol. The van der Waals surface area contributed by atoms with E-state index in [1.54, 1.807) is 13.8 Å². The maximum atomic E-state index is 11.9. The molecule has 0 bridgehead atoms. The number of carboxylic acids is 1. The van der Waals surface area contributed by atoms with Gasteiger partial charge in [0.1, 0.15) is 6.04 Å². The van der Waals surface area contributed by atoms with Gasteiger partial charge in [-0.15, -0.1) is 0 Å². The Balaban J connectivity index is 2.91. The van der Waals surface area contributed by atoms with Crippen LogP contribution in [0.3, 0.4) is 0 Å². The lowest BCUT2D eigenvalue weighted by Gasteiger charge is -2.17. The third-order valence-electron chi connectivity index (χ3n) is 2.76. The van der Waals surface area contributed by atoms with Crippen LogP contribution in [0.4, 0.5) is 0 Å². The van der Waals surface area contributed by atoms with E-state index in [0.717, 1.165) is 6.26 Å². The van der Waals surface area contributed by atoms with E-state index in [9.17, 15) is 18.0 Å². The Bertz CT molecular complexity index is 604. The average Bonchev–Trinajstić information content (AvgIpc) is 2.34. The molecule has 1 amide bonds. The number of carbonyl (C=O) groups is 2. The van der Waals surface area contributed by atoms with E-state index >= 15 is 0 Å². The molecule has 0 aliphatic carbocycles. The molecule has 1 rings (SSSR count). The Hall–Kier alpha value is -1.89. The molecule has 20 heavy (non-hydrogen) atoms. The van der Waals surface area contributed by atoms with Gasteiger partial charge in [0.2, 0.25) is 0 Å². The van der Waals surface area contributed by atoms with Crippen molar-refractivity contribution in [2.45, 2.75) is 24.8 Å². The van der Waals surface area contributed by atoms with E-state index < -0.39 is 27.8 Å². The molecule has 6 nitrogen and oxygen atoms in total. The minimum Gasteiger partial charge on any atom is -0.480 e. The van der Waals surface area contributed by atoms with E-state index in [0.29, 0.717) is 0 Å². The first-order chi connectivity index (χ1) is 9.12. The first-order valence-corrected chi connectivity index (χ1v) is 7.86. The number of nitrogens with one attached hydrogen (secondary N) is 1. The lowest BCUT2D eigenvalue weighted by Crippen LogP contribution is -2.44. The van der Waals surface area contributed by atoms with Crippen molar-refractivity contribution in [3.05, 3.63) is 29.8 Å². The van der Waals surface area contributed by atoms with Crippen LogP contribution in [0.1, 0.15) is 24.2 Å². The number of aliphatic carboxylic acids is 1. The summed E-state index contributed by atoms with van der Waals surface area (Å²) in [5.41, 5.74) is 0.212. The minimum atomic E-state index is -3.32. The Labute approximate surface area is 117 Å². The van der Waals surface area contributed by atoms with Crippen molar-refractivity contribution < 1.29 is 23.1 Å². The van der Waals surface area contributed by atoms with Gasteiger partial charge in [0.25, 0.3) is 5.91 Å². The predicted octanol–water partition coefficient (Wildman–Crippen LogP) is 0.929. The number of carbonyl (C=O) groups excluding carboxylic acids is 1. The van der Waals surface area contributed by atoms with Crippen LogP contribution < -0.4 is 5.32 Å². The molecule has 1 atom stereocenters. The molecule has 0 radical (unpaired) electrons. The molecule has 0 saturated heterocycles. The van der Waals surface area contributed by atoms with Crippen LogP contribution in [0.25, 0.3) is 0 Å². The summed E-state index contributed by atoms with van der Waals surface area (Å²) in [6.07, 6.45) is 1.07. The third-order valence-corrected chi connectivity index (χ3v) is 3.89. The van der Waals surface area contributed by atoms with Gasteiger partial charge in [-0.25, -0.2) is 13.2 Å². The lowest BCUT2D eigenvalue weighted by molar-refractivity contribution is -0.140. The standard InChI is InChI=1S/C13H17NO5S/c1-8(2)11(13(16)17)14-12(15)9-4-6-10(7-5-9)20(3,18)19/h4-8,11H,1-3H3,(H,14,15)(H,16,17). The van der Waals surface area contributed by atoms with Gasteiger partial charge in [0.05, 0.1) is 4.90 Å². The van der Waals surface area contributed by atoms with Gasteiger partial charge >= 0.3 is 5.97 Å². The SMILES string of the molecule is CC(C)C(NC(=O)c1ccc(S(C)(=O)=O)cc1)C(=O)O. The van der Waals surface area contributed by atoms with Crippen LogP contribution in [-0.2, 0) is 14.6 Å². The highest BCUT2D eigenvalue weighted by Crippen LogP contribution is 2.11. The fourth-order valence-electron chi connectivity index (χ4n) is 1.59. The number of hydrogen-bond acceptors (Lipinski definition) is 4. The van der Waals surface area contributed by atoms with Gasteiger partial charge in [0, 0.05) is 11.8 Å². The monoisotopic (exact) mass is 299 g/mol. The molecule has 7 heteroatoms. The predicted molar refractivity (Wildman–Crippen MR) is 73.3 cm³/mol. The smallest absolute Gasteiger partial charge is 0.326 e. The van der Waals surface area contributed by atoms with Crippen LogP contribution in [0.15, 0.2) is 29.2 Å². The van der Waals surface area contributed by atoms with Gasteiger partial charge in [-0.1, -0.05) is 13.8 Å². The van der Waals surface area contributed by atoms with E-state index in [2.05, 4.69) is 5.32 Å². The van der Waals surface area contributed by atoms with E-state index in [1.807, 2.05) is 0 Å². The summed E-state index contributed by atoms with van der Waals surface area (Å²) >= 11 is 0. The van der Waals surface area contributed by atoms with E-state index in [-0.39, 0.29) is 16.4 Å². The first kappa shape index (κ1) is 16.2. The molecule has 0 aliphatic rings. The molecule has 1 unspecified atom stereocenters. The van der Waals surface area contributed by atoms with Crippen molar-refractivity contribution in [2.24, 2.45) is 5.92 Å². The van der Waals surface area contributed by atoms with E-state index in [4.69, 9.17) is 5.11 Å². The van der Waals surface area contributed by atoms with Crippen molar-refractivity contribution in [1.29, 1.82) is 0 Å². The third kappa shape index (κ3) is 4.06. The summed E-state index contributed by atoms with van der Waals surface area (Å²) in [6.45, 7) is 3.37. The van der Waals surface area contributed by atoms with Gasteiger partial charge in [-0.3, -0.25) is 4.79 Å². The second-order valence-corrected chi connectivity index (χ2v) is 6.85. The zero-order valence-corrected chi connectivity index (χ0v) is 12.3. The number of carboxylic acid groups (broad SMARTS) is 1. The van der Waals surface area contributed by atoms with Crippen LogP contribution >= 0.6 is 0 Å². The Morgan fingerprint density at radius 3 is 2.00 bits per heavy atom. The maximum absolute atomic E-state index is 11.9. The Kier molecular flexibility index (Phi) is 4.88. The van der Waals surface area contributed by atoms with Crippen LogP contribution in [-0.4, -0.2) is 37.7 Å². The number of rotatable bonds is 5. The number of amides is 1. The van der Waals surface area contributed by atoms with Crippen molar-refractivity contribution in [3.8, 4) is 0 Å². The maximum Gasteiger partial charge on any atom is 0.326 e. The van der Waals surface area contributed by atoms with Crippen LogP contribution in [0.2, 0.25) is 0 Å². The molecule has 110 valence electrons. The zero-order chi connectivity index (χ0) is 15.5. The van der Waals surface area contributed by atoms with Gasteiger partial charge < -0.3 is 10.4 Å². The van der Waals surface area contributed by atoms with Crippen molar-refractivity contribution in [2.75, 3.05) is 6.26 Å². The molecule has 0 spiro atoms. The number of hydrogen-bond donors (Lipinski definition) is 2. The second-order valence-electron chi connectivity index (χ2n) is 4.83. The topological polar surface area (TPSA) is 101 Å². The molecule has 0 heterocycles. The quantitative estimate of drug-likeness (QED) is 0.842. The van der Waals surface area contributed by atoms with E-state index in [1.165, 1.54) is 24.3 Å². The highest BCUT2D eigenvalue weighted by atomic mass is 32.2. The molecule has 2 N–H and O–H groups in total. The summed E-state index contributed by atoms with van der Waals surface area (Å²) in [7, 11) is -3.32. The molecule has 0 fully saturated rings. The summed E-state index contributed by atoms with van der Waals surface area (Å²) in [4.78, 5) is 23.0. The fraction of sp³-hybridized carbons (Fsp3) is 0.385. The minimum absolute atomic E-state index is 0.104. The number of sulfone groups is 1.